The molecule has 11 heavy (non-hydrogen) atoms. The monoisotopic (exact) mass is 157 g/mol. The molecule has 0 spiro atoms. The highest BCUT2D eigenvalue weighted by atomic mass is 16.3. The first kappa shape index (κ1) is 10.2. The smallest absolute Gasteiger partial charge is 0.252 e. The van der Waals surface area contributed by atoms with Gasteiger partial charge >= 0.3 is 0 Å². The minimum absolute atomic E-state index is 0.0324. The zero-order valence-corrected chi connectivity index (χ0v) is 7.05. The molecule has 1 fully saturated rings. The van der Waals surface area contributed by atoms with Gasteiger partial charge in [0.1, 0.15) is 5.60 Å². The van der Waals surface area contributed by atoms with Gasteiger partial charge in [0.2, 0.25) is 0 Å². The van der Waals surface area contributed by atoms with Gasteiger partial charge in [-0.25, -0.2) is 0 Å². The summed E-state index contributed by atoms with van der Waals surface area (Å²) in [6, 6.07) is 0. The van der Waals surface area contributed by atoms with Gasteiger partial charge in [-0.2, -0.15) is 0 Å². The third-order valence-electron chi connectivity index (χ3n) is 1.99. The van der Waals surface area contributed by atoms with Crippen molar-refractivity contribution in [3.05, 3.63) is 13.2 Å². The highest BCUT2D eigenvalue weighted by Gasteiger charge is 2.41. The van der Waals surface area contributed by atoms with Crippen LogP contribution in [0.2, 0.25) is 0 Å². The first-order chi connectivity index (χ1) is 5.05. The van der Waals surface area contributed by atoms with E-state index in [4.69, 9.17) is 0 Å². The van der Waals surface area contributed by atoms with Crippen LogP contribution in [0.5, 0.6) is 0 Å². The Morgan fingerprint density at radius 2 is 2.18 bits per heavy atom. The quantitative estimate of drug-likeness (QED) is 0.497. The Morgan fingerprint density at radius 3 is 2.27 bits per heavy atom. The molecule has 1 heterocycles. The number of hydrogen-bond acceptors (Lipinski definition) is 2. The predicted molar refractivity (Wildman–Crippen MR) is 44.1 cm³/mol. The molecule has 3 nitrogen and oxygen atoms in total. The fraction of sp³-hybridized carbons (Fsp3) is 0.625. The first-order valence-electron chi connectivity index (χ1n) is 3.56. The van der Waals surface area contributed by atoms with E-state index in [0.717, 1.165) is 0 Å². The molecule has 2 unspecified atom stereocenters. The number of amides is 1. The molecule has 1 aliphatic rings. The molecule has 2 N–H and O–H groups in total. The van der Waals surface area contributed by atoms with Gasteiger partial charge in [0.05, 0.1) is 0 Å². The van der Waals surface area contributed by atoms with E-state index in [-0.39, 0.29) is 11.8 Å². The summed E-state index contributed by atoms with van der Waals surface area (Å²) in [4.78, 5) is 10.7. The summed E-state index contributed by atoms with van der Waals surface area (Å²) in [6.07, 6.45) is 0. The van der Waals surface area contributed by atoms with Crippen LogP contribution < -0.4 is 5.32 Å². The van der Waals surface area contributed by atoms with Crippen LogP contribution in [0.1, 0.15) is 13.8 Å². The molecular formula is C8H15NO2. The van der Waals surface area contributed by atoms with Crippen molar-refractivity contribution >= 4 is 5.91 Å². The Balaban J connectivity index is 0.000000461. The van der Waals surface area contributed by atoms with Crippen LogP contribution in [0.25, 0.3) is 0 Å². The molecular weight excluding hydrogens is 142 g/mol. The van der Waals surface area contributed by atoms with E-state index in [1.54, 1.807) is 6.92 Å². The second-order valence-corrected chi connectivity index (χ2v) is 2.76. The van der Waals surface area contributed by atoms with Gasteiger partial charge in [-0.3, -0.25) is 4.79 Å². The largest absolute Gasteiger partial charge is 0.380 e. The highest BCUT2D eigenvalue weighted by molar-refractivity contribution is 5.86. The van der Waals surface area contributed by atoms with Crippen molar-refractivity contribution in [3.8, 4) is 0 Å². The minimum atomic E-state index is -1.14. The molecule has 64 valence electrons. The zero-order chi connectivity index (χ0) is 9.07. The van der Waals surface area contributed by atoms with Gasteiger partial charge < -0.3 is 10.4 Å². The number of carbonyl (C=O) groups excluding carboxylic acids is 1. The number of hydrogen-bond donors (Lipinski definition) is 2. The Labute approximate surface area is 67.1 Å². The van der Waals surface area contributed by atoms with E-state index >= 15 is 0 Å². The summed E-state index contributed by atoms with van der Waals surface area (Å²) in [5.41, 5.74) is -1.14. The topological polar surface area (TPSA) is 49.3 Å². The summed E-state index contributed by atoms with van der Waals surface area (Å²) in [5.74, 6) is -0.222. The Morgan fingerprint density at radius 1 is 1.73 bits per heavy atom. The van der Waals surface area contributed by atoms with E-state index in [1.165, 1.54) is 0 Å². The lowest BCUT2D eigenvalue weighted by atomic mass is 9.95. The minimum Gasteiger partial charge on any atom is -0.380 e. The summed E-state index contributed by atoms with van der Waals surface area (Å²) < 4.78 is 0. The van der Waals surface area contributed by atoms with Crippen LogP contribution in [0.15, 0.2) is 13.2 Å². The lowest BCUT2D eigenvalue weighted by Gasteiger charge is -2.16. The van der Waals surface area contributed by atoms with Crippen LogP contribution in [0, 0.1) is 5.92 Å². The number of carbonyl (C=O) groups is 1. The van der Waals surface area contributed by atoms with Crippen molar-refractivity contribution in [1.29, 1.82) is 0 Å². The van der Waals surface area contributed by atoms with Crippen molar-refractivity contribution in [2.45, 2.75) is 19.4 Å². The van der Waals surface area contributed by atoms with Gasteiger partial charge in [0.15, 0.2) is 0 Å². The predicted octanol–water partition coefficient (Wildman–Crippen LogP) is 0.305. The molecule has 0 aliphatic carbocycles. The third-order valence-corrected chi connectivity index (χ3v) is 1.99. The van der Waals surface area contributed by atoms with Crippen LogP contribution in [-0.4, -0.2) is 23.2 Å². The van der Waals surface area contributed by atoms with Crippen LogP contribution in [0.3, 0.4) is 0 Å². The van der Waals surface area contributed by atoms with Crippen molar-refractivity contribution in [1.82, 2.24) is 5.32 Å². The van der Waals surface area contributed by atoms with Crippen LogP contribution >= 0.6 is 0 Å². The van der Waals surface area contributed by atoms with Gasteiger partial charge in [-0.15, -0.1) is 13.2 Å². The average molecular weight is 157 g/mol. The number of rotatable bonds is 0. The SMILES string of the molecule is C=C.CC1CNC(=O)C1(C)O. The maximum atomic E-state index is 10.7. The molecule has 0 saturated carbocycles. The average Bonchev–Trinajstić information content (AvgIpc) is 2.21. The molecule has 0 bridgehead atoms. The van der Waals surface area contributed by atoms with E-state index in [0.29, 0.717) is 6.54 Å². The summed E-state index contributed by atoms with van der Waals surface area (Å²) >= 11 is 0. The van der Waals surface area contributed by atoms with Gasteiger partial charge in [0, 0.05) is 12.5 Å². The highest BCUT2D eigenvalue weighted by Crippen LogP contribution is 2.20. The van der Waals surface area contributed by atoms with Crippen molar-refractivity contribution in [3.63, 3.8) is 0 Å². The second-order valence-electron chi connectivity index (χ2n) is 2.76. The lowest BCUT2D eigenvalue weighted by molar-refractivity contribution is -0.135. The van der Waals surface area contributed by atoms with E-state index in [9.17, 15) is 9.90 Å². The molecule has 0 aromatic heterocycles. The molecule has 1 saturated heterocycles. The third kappa shape index (κ3) is 1.80. The number of nitrogens with one attached hydrogen (secondary N) is 1. The summed E-state index contributed by atoms with van der Waals surface area (Å²) in [7, 11) is 0. The maximum absolute atomic E-state index is 10.7. The lowest BCUT2D eigenvalue weighted by Crippen LogP contribution is -2.37. The van der Waals surface area contributed by atoms with Crippen LogP contribution in [0.4, 0.5) is 0 Å². The van der Waals surface area contributed by atoms with Gasteiger partial charge in [-0.1, -0.05) is 6.92 Å². The van der Waals surface area contributed by atoms with Gasteiger partial charge in [-0.05, 0) is 6.92 Å². The molecule has 0 aromatic rings. The molecule has 0 aromatic carbocycles. The Bertz CT molecular complexity index is 154. The van der Waals surface area contributed by atoms with Gasteiger partial charge in [0.25, 0.3) is 5.91 Å². The van der Waals surface area contributed by atoms with Crippen molar-refractivity contribution < 1.29 is 9.90 Å². The molecule has 0 radical (unpaired) electrons. The normalized spacial score (nSPS) is 35.5. The van der Waals surface area contributed by atoms with Crippen molar-refractivity contribution in [2.24, 2.45) is 5.92 Å². The van der Waals surface area contributed by atoms with E-state index < -0.39 is 5.60 Å². The molecule has 1 amide bonds. The fourth-order valence-electron chi connectivity index (χ4n) is 0.847. The summed E-state index contributed by atoms with van der Waals surface area (Å²) in [5, 5.41) is 11.9. The second kappa shape index (κ2) is 3.53. The Kier molecular flexibility index (Phi) is 3.26. The summed E-state index contributed by atoms with van der Waals surface area (Å²) in [6.45, 7) is 9.98. The Hall–Kier alpha value is -0.830. The molecule has 1 rings (SSSR count). The number of aliphatic hydroxyl groups is 1. The van der Waals surface area contributed by atoms with Crippen LogP contribution in [-0.2, 0) is 4.79 Å². The fourth-order valence-corrected chi connectivity index (χ4v) is 0.847. The zero-order valence-electron chi connectivity index (χ0n) is 7.05. The molecule has 3 heteroatoms. The molecule has 1 aliphatic heterocycles. The standard InChI is InChI=1S/C6H11NO2.C2H4/c1-4-3-7-5(8)6(4,2)9;1-2/h4,9H,3H2,1-2H3,(H,7,8);1-2H2. The van der Waals surface area contributed by atoms with E-state index in [1.807, 2.05) is 6.92 Å². The first-order valence-corrected chi connectivity index (χ1v) is 3.56. The van der Waals surface area contributed by atoms with Crippen molar-refractivity contribution in [2.75, 3.05) is 6.54 Å². The van der Waals surface area contributed by atoms with E-state index in [2.05, 4.69) is 18.5 Å². The maximum Gasteiger partial charge on any atom is 0.252 e. The molecule has 2 atom stereocenters.